The SMILES string of the molecule is CI.CI.CN(C1CCNCC1)C1CCOCC1. The van der Waals surface area contributed by atoms with Gasteiger partial charge in [-0.15, -0.1) is 0 Å². The van der Waals surface area contributed by atoms with Gasteiger partial charge in [-0.25, -0.2) is 0 Å². The van der Waals surface area contributed by atoms with Crippen LogP contribution in [0.1, 0.15) is 25.7 Å². The Labute approximate surface area is 140 Å². The largest absolute Gasteiger partial charge is 0.381 e. The van der Waals surface area contributed by atoms with Gasteiger partial charge in [-0.2, -0.15) is 0 Å². The molecule has 2 aliphatic heterocycles. The molecule has 18 heavy (non-hydrogen) atoms. The molecule has 0 amide bonds. The zero-order valence-electron chi connectivity index (χ0n) is 11.9. The standard InChI is InChI=1S/C11H22N2O.2CH3I/c1-13(10-2-6-12-7-3-10)11-4-8-14-9-5-11;2*1-2/h10-12H,2-9H2,1H3;2*1H3. The molecule has 2 saturated heterocycles. The molecule has 3 nitrogen and oxygen atoms in total. The van der Waals surface area contributed by atoms with Crippen molar-refractivity contribution in [2.45, 2.75) is 37.8 Å². The molecule has 2 rings (SSSR count). The van der Waals surface area contributed by atoms with Crippen molar-refractivity contribution in [1.29, 1.82) is 0 Å². The molecule has 0 spiro atoms. The van der Waals surface area contributed by atoms with E-state index < -0.39 is 0 Å². The van der Waals surface area contributed by atoms with E-state index in [0.717, 1.165) is 25.3 Å². The highest BCUT2D eigenvalue weighted by Crippen LogP contribution is 2.19. The van der Waals surface area contributed by atoms with Crippen molar-refractivity contribution in [2.75, 3.05) is 43.2 Å². The van der Waals surface area contributed by atoms with Crippen molar-refractivity contribution in [2.24, 2.45) is 0 Å². The number of alkyl halides is 2. The molecule has 5 heteroatoms. The Morgan fingerprint density at radius 2 is 1.33 bits per heavy atom. The number of ether oxygens (including phenoxy) is 1. The molecule has 110 valence electrons. The number of rotatable bonds is 2. The predicted octanol–water partition coefficient (Wildman–Crippen LogP) is 2.95. The second-order valence-corrected chi connectivity index (χ2v) is 4.49. The third-order valence-electron chi connectivity index (χ3n) is 3.65. The van der Waals surface area contributed by atoms with Crippen LogP contribution in [0.4, 0.5) is 0 Å². The second kappa shape index (κ2) is 13.3. The minimum absolute atomic E-state index is 0.770. The summed E-state index contributed by atoms with van der Waals surface area (Å²) in [5.74, 6) is 0. The van der Waals surface area contributed by atoms with Crippen LogP contribution in [0.2, 0.25) is 0 Å². The number of hydrogen-bond acceptors (Lipinski definition) is 3. The van der Waals surface area contributed by atoms with Gasteiger partial charge < -0.3 is 15.0 Å². The summed E-state index contributed by atoms with van der Waals surface area (Å²) in [6.07, 6.45) is 5.07. The molecule has 2 heterocycles. The third kappa shape index (κ3) is 7.21. The first-order valence-corrected chi connectivity index (χ1v) is 11.0. The van der Waals surface area contributed by atoms with E-state index in [4.69, 9.17) is 4.74 Å². The van der Waals surface area contributed by atoms with E-state index in [1.165, 1.54) is 38.8 Å². The van der Waals surface area contributed by atoms with Crippen LogP contribution in [0, 0.1) is 0 Å². The number of hydrogen-bond donors (Lipinski definition) is 1. The number of nitrogens with zero attached hydrogens (tertiary/aromatic N) is 1. The molecule has 0 radical (unpaired) electrons. The summed E-state index contributed by atoms with van der Waals surface area (Å²) in [4.78, 5) is 6.54. The van der Waals surface area contributed by atoms with E-state index in [1.807, 2.05) is 9.86 Å². The zero-order chi connectivity index (χ0) is 13.8. The Hall–Kier alpha value is 1.34. The van der Waals surface area contributed by atoms with Gasteiger partial charge >= 0.3 is 0 Å². The Kier molecular flexibility index (Phi) is 14.3. The smallest absolute Gasteiger partial charge is 0.0480 e. The molecular formula is C13H28I2N2O. The molecule has 2 fully saturated rings. The fourth-order valence-electron chi connectivity index (χ4n) is 2.60. The van der Waals surface area contributed by atoms with Crippen LogP contribution in [0.5, 0.6) is 0 Å². The van der Waals surface area contributed by atoms with Crippen molar-refractivity contribution >= 4 is 45.2 Å². The average Bonchev–Trinajstić information content (AvgIpc) is 2.52. The van der Waals surface area contributed by atoms with E-state index in [1.54, 1.807) is 0 Å². The van der Waals surface area contributed by atoms with Gasteiger partial charge in [0.15, 0.2) is 0 Å². The summed E-state index contributed by atoms with van der Waals surface area (Å²) >= 11 is 4.30. The van der Waals surface area contributed by atoms with Gasteiger partial charge in [0, 0.05) is 25.3 Å². The molecule has 0 atom stereocenters. The summed E-state index contributed by atoms with van der Waals surface area (Å²) in [6, 6.07) is 1.58. The molecule has 2 aliphatic rings. The van der Waals surface area contributed by atoms with Crippen LogP contribution in [0.3, 0.4) is 0 Å². The van der Waals surface area contributed by atoms with Crippen LogP contribution in [0.25, 0.3) is 0 Å². The highest BCUT2D eigenvalue weighted by Gasteiger charge is 2.25. The molecule has 0 aromatic rings. The van der Waals surface area contributed by atoms with Crippen LogP contribution >= 0.6 is 45.2 Å². The predicted molar refractivity (Wildman–Crippen MR) is 97.4 cm³/mol. The van der Waals surface area contributed by atoms with Gasteiger partial charge in [-0.05, 0) is 55.7 Å². The lowest BCUT2D eigenvalue weighted by Gasteiger charge is -2.39. The van der Waals surface area contributed by atoms with Crippen LogP contribution in [0.15, 0.2) is 0 Å². The number of piperidine rings is 1. The van der Waals surface area contributed by atoms with E-state index in [0.29, 0.717) is 0 Å². The lowest BCUT2D eigenvalue weighted by Crippen LogP contribution is -2.47. The normalized spacial score (nSPS) is 21.7. The van der Waals surface area contributed by atoms with Crippen molar-refractivity contribution in [3.63, 3.8) is 0 Å². The summed E-state index contributed by atoms with van der Waals surface area (Å²) < 4.78 is 5.40. The molecule has 0 unspecified atom stereocenters. The molecule has 0 saturated carbocycles. The fourth-order valence-corrected chi connectivity index (χ4v) is 2.60. The first-order chi connectivity index (χ1) is 8.88. The number of halogens is 2. The minimum Gasteiger partial charge on any atom is -0.381 e. The molecular weight excluding hydrogens is 454 g/mol. The summed E-state index contributed by atoms with van der Waals surface area (Å²) in [7, 11) is 2.30. The van der Waals surface area contributed by atoms with Crippen molar-refractivity contribution in [1.82, 2.24) is 10.2 Å². The Balaban J connectivity index is 0.000000659. The zero-order valence-corrected chi connectivity index (χ0v) is 16.2. The van der Waals surface area contributed by atoms with Crippen molar-refractivity contribution in [3.05, 3.63) is 0 Å². The van der Waals surface area contributed by atoms with Crippen LogP contribution in [-0.4, -0.2) is 60.2 Å². The van der Waals surface area contributed by atoms with Gasteiger partial charge in [0.1, 0.15) is 0 Å². The van der Waals surface area contributed by atoms with Crippen molar-refractivity contribution in [3.8, 4) is 0 Å². The highest BCUT2D eigenvalue weighted by atomic mass is 127. The molecule has 0 bridgehead atoms. The minimum atomic E-state index is 0.770. The van der Waals surface area contributed by atoms with Gasteiger partial charge in [0.2, 0.25) is 0 Å². The van der Waals surface area contributed by atoms with Gasteiger partial charge in [0.05, 0.1) is 0 Å². The summed E-state index contributed by atoms with van der Waals surface area (Å²) in [5.41, 5.74) is 0. The molecule has 1 N–H and O–H groups in total. The maximum absolute atomic E-state index is 5.40. The van der Waals surface area contributed by atoms with E-state index in [2.05, 4.69) is 62.4 Å². The lowest BCUT2D eigenvalue weighted by atomic mass is 10.00. The molecule has 0 aromatic carbocycles. The second-order valence-electron chi connectivity index (χ2n) is 4.49. The van der Waals surface area contributed by atoms with Crippen LogP contribution < -0.4 is 5.32 Å². The van der Waals surface area contributed by atoms with E-state index >= 15 is 0 Å². The maximum Gasteiger partial charge on any atom is 0.0480 e. The van der Waals surface area contributed by atoms with Crippen LogP contribution in [-0.2, 0) is 4.74 Å². The monoisotopic (exact) mass is 482 g/mol. The fraction of sp³-hybridized carbons (Fsp3) is 1.00. The van der Waals surface area contributed by atoms with Gasteiger partial charge in [-0.1, -0.05) is 45.2 Å². The molecule has 0 aliphatic carbocycles. The lowest BCUT2D eigenvalue weighted by molar-refractivity contribution is 0.0233. The summed E-state index contributed by atoms with van der Waals surface area (Å²) in [5, 5.41) is 3.42. The quantitative estimate of drug-likeness (QED) is 0.484. The highest BCUT2D eigenvalue weighted by molar-refractivity contribution is 14.1. The van der Waals surface area contributed by atoms with E-state index in [-0.39, 0.29) is 0 Å². The first-order valence-electron chi connectivity index (χ1n) is 6.64. The molecule has 0 aromatic heterocycles. The Morgan fingerprint density at radius 3 is 1.83 bits per heavy atom. The topological polar surface area (TPSA) is 24.5 Å². The Bertz CT molecular complexity index is 154. The Morgan fingerprint density at radius 1 is 0.889 bits per heavy atom. The maximum atomic E-state index is 5.40. The first kappa shape index (κ1) is 19.3. The third-order valence-corrected chi connectivity index (χ3v) is 3.65. The van der Waals surface area contributed by atoms with Gasteiger partial charge in [0.25, 0.3) is 0 Å². The summed E-state index contributed by atoms with van der Waals surface area (Å²) in [6.45, 7) is 4.30. The van der Waals surface area contributed by atoms with E-state index in [9.17, 15) is 0 Å². The van der Waals surface area contributed by atoms with Crippen molar-refractivity contribution < 1.29 is 4.74 Å². The average molecular weight is 482 g/mol. The number of nitrogens with one attached hydrogen (secondary N) is 1. The van der Waals surface area contributed by atoms with Gasteiger partial charge in [-0.3, -0.25) is 0 Å².